The average molecular weight is 380 g/mol. The minimum atomic E-state index is -0.260. The molecule has 1 aromatic carbocycles. The molecule has 1 unspecified atom stereocenters. The highest BCUT2D eigenvalue weighted by Gasteiger charge is 2.23. The summed E-state index contributed by atoms with van der Waals surface area (Å²) in [7, 11) is 1.73. The number of primary amides is 1. The van der Waals surface area contributed by atoms with Gasteiger partial charge in [-0.15, -0.1) is 0 Å². The van der Waals surface area contributed by atoms with Gasteiger partial charge in [-0.2, -0.15) is 0 Å². The number of hydrogen-bond acceptors (Lipinski definition) is 3. The lowest BCUT2D eigenvalue weighted by molar-refractivity contribution is -0.119. The van der Waals surface area contributed by atoms with Crippen molar-refractivity contribution in [2.24, 2.45) is 16.6 Å². The number of carbonyl (C=O) groups excluding carboxylic acids is 2. The van der Waals surface area contributed by atoms with Crippen LogP contribution in [0.5, 0.6) is 0 Å². The number of guanidine groups is 1. The van der Waals surface area contributed by atoms with E-state index in [0.717, 1.165) is 31.9 Å². The monoisotopic (exact) mass is 379 g/mol. The van der Waals surface area contributed by atoms with Gasteiger partial charge in [0.15, 0.2) is 5.96 Å². The molecule has 0 aliphatic carbocycles. The molecule has 142 valence electrons. The highest BCUT2D eigenvalue weighted by atomic mass is 35.5. The van der Waals surface area contributed by atoms with Crippen molar-refractivity contribution in [3.63, 3.8) is 0 Å². The van der Waals surface area contributed by atoms with Crippen molar-refractivity contribution >= 4 is 29.4 Å². The van der Waals surface area contributed by atoms with Crippen LogP contribution in [0.4, 0.5) is 0 Å². The maximum Gasteiger partial charge on any atom is 0.251 e. The van der Waals surface area contributed by atoms with Crippen LogP contribution >= 0.6 is 11.6 Å². The van der Waals surface area contributed by atoms with E-state index in [9.17, 15) is 9.59 Å². The van der Waals surface area contributed by atoms with Crippen molar-refractivity contribution in [3.8, 4) is 0 Å². The van der Waals surface area contributed by atoms with Crippen LogP contribution in [0.15, 0.2) is 29.3 Å². The summed E-state index contributed by atoms with van der Waals surface area (Å²) < 4.78 is 0. The molecule has 0 spiro atoms. The summed E-state index contributed by atoms with van der Waals surface area (Å²) >= 11 is 5.82. The molecule has 26 heavy (non-hydrogen) atoms. The number of nitrogens with one attached hydrogen (secondary N) is 2. The van der Waals surface area contributed by atoms with Gasteiger partial charge in [0, 0.05) is 50.2 Å². The second-order valence-corrected chi connectivity index (χ2v) is 6.80. The minimum Gasteiger partial charge on any atom is -0.370 e. The fraction of sp³-hybridized carbons (Fsp3) is 0.500. The maximum absolute atomic E-state index is 12.1. The molecule has 7 nitrogen and oxygen atoms in total. The number of nitrogens with two attached hydrogens (primary N) is 1. The number of likely N-dealkylation sites (tertiary alicyclic amines) is 1. The van der Waals surface area contributed by atoms with E-state index >= 15 is 0 Å². The molecule has 2 rings (SSSR count). The zero-order valence-electron chi connectivity index (χ0n) is 15.0. The fourth-order valence-corrected chi connectivity index (χ4v) is 3.22. The Labute approximate surface area is 159 Å². The first-order chi connectivity index (χ1) is 12.5. The first kappa shape index (κ1) is 20.0. The van der Waals surface area contributed by atoms with Crippen LogP contribution in [0.25, 0.3) is 0 Å². The number of amides is 2. The molecule has 4 N–H and O–H groups in total. The SMILES string of the molecule is CN=C(NCCNC(=O)c1ccc(Cl)cc1)N1CCCC(CC(N)=O)C1. The van der Waals surface area contributed by atoms with E-state index in [2.05, 4.69) is 20.5 Å². The van der Waals surface area contributed by atoms with E-state index < -0.39 is 0 Å². The third-order valence-electron chi connectivity index (χ3n) is 4.32. The second kappa shape index (κ2) is 10.0. The molecular weight excluding hydrogens is 354 g/mol. The van der Waals surface area contributed by atoms with Crippen LogP contribution in [0.2, 0.25) is 5.02 Å². The largest absolute Gasteiger partial charge is 0.370 e. The Hall–Kier alpha value is -2.28. The third-order valence-corrected chi connectivity index (χ3v) is 4.57. The highest BCUT2D eigenvalue weighted by Crippen LogP contribution is 2.19. The van der Waals surface area contributed by atoms with Gasteiger partial charge in [-0.05, 0) is 43.0 Å². The normalized spacial score (nSPS) is 17.7. The number of carbonyl (C=O) groups is 2. The van der Waals surface area contributed by atoms with E-state index in [4.69, 9.17) is 17.3 Å². The van der Waals surface area contributed by atoms with Gasteiger partial charge in [0.1, 0.15) is 0 Å². The van der Waals surface area contributed by atoms with E-state index in [1.165, 1.54) is 0 Å². The van der Waals surface area contributed by atoms with Gasteiger partial charge in [-0.1, -0.05) is 11.6 Å². The number of piperidine rings is 1. The van der Waals surface area contributed by atoms with E-state index in [1.54, 1.807) is 31.3 Å². The molecule has 1 saturated heterocycles. The van der Waals surface area contributed by atoms with E-state index in [0.29, 0.717) is 30.1 Å². The molecule has 1 aromatic rings. The molecule has 1 fully saturated rings. The summed E-state index contributed by atoms with van der Waals surface area (Å²) in [6.07, 6.45) is 2.42. The summed E-state index contributed by atoms with van der Waals surface area (Å²) in [5.41, 5.74) is 5.88. The molecular formula is C18H26ClN5O2. The van der Waals surface area contributed by atoms with Crippen LogP contribution in [0.3, 0.4) is 0 Å². The highest BCUT2D eigenvalue weighted by molar-refractivity contribution is 6.30. The predicted octanol–water partition coefficient (Wildman–Crippen LogP) is 1.23. The Balaban J connectivity index is 1.75. The minimum absolute atomic E-state index is 0.141. The summed E-state index contributed by atoms with van der Waals surface area (Å²) in [6.45, 7) is 2.69. The smallest absolute Gasteiger partial charge is 0.251 e. The number of halogens is 1. The first-order valence-electron chi connectivity index (χ1n) is 8.77. The van der Waals surface area contributed by atoms with Crippen LogP contribution in [-0.2, 0) is 4.79 Å². The molecule has 1 heterocycles. The second-order valence-electron chi connectivity index (χ2n) is 6.36. The summed E-state index contributed by atoms with van der Waals surface area (Å²) in [6, 6.07) is 6.76. The summed E-state index contributed by atoms with van der Waals surface area (Å²) in [5.74, 6) is 0.645. The van der Waals surface area contributed by atoms with Crippen LogP contribution in [-0.4, -0.2) is 55.9 Å². The quantitative estimate of drug-likeness (QED) is 0.393. The first-order valence-corrected chi connectivity index (χ1v) is 9.15. The molecule has 8 heteroatoms. The van der Waals surface area contributed by atoms with Crippen molar-refractivity contribution in [1.29, 1.82) is 0 Å². The van der Waals surface area contributed by atoms with Crippen LogP contribution < -0.4 is 16.4 Å². The molecule has 0 saturated carbocycles. The summed E-state index contributed by atoms with van der Waals surface area (Å²) in [4.78, 5) is 29.6. The van der Waals surface area contributed by atoms with Gasteiger partial charge in [-0.25, -0.2) is 0 Å². The molecule has 0 bridgehead atoms. The number of hydrogen-bond donors (Lipinski definition) is 3. The van der Waals surface area contributed by atoms with Crippen LogP contribution in [0, 0.1) is 5.92 Å². The molecule has 1 aliphatic rings. The Morgan fingerprint density at radius 1 is 1.27 bits per heavy atom. The summed E-state index contributed by atoms with van der Waals surface area (Å²) in [5, 5.41) is 6.71. The lowest BCUT2D eigenvalue weighted by atomic mass is 9.95. The molecule has 0 radical (unpaired) electrons. The number of rotatable bonds is 6. The van der Waals surface area contributed by atoms with Crippen molar-refractivity contribution < 1.29 is 9.59 Å². The lowest BCUT2D eigenvalue weighted by Crippen LogP contribution is -2.48. The Kier molecular flexibility index (Phi) is 7.72. The third kappa shape index (κ3) is 6.22. The van der Waals surface area contributed by atoms with Crippen molar-refractivity contribution in [1.82, 2.24) is 15.5 Å². The Morgan fingerprint density at radius 3 is 2.62 bits per heavy atom. The van der Waals surface area contributed by atoms with Gasteiger partial charge in [0.25, 0.3) is 5.91 Å². The van der Waals surface area contributed by atoms with E-state index in [-0.39, 0.29) is 17.7 Å². The zero-order valence-corrected chi connectivity index (χ0v) is 15.8. The Bertz CT molecular complexity index is 647. The van der Waals surface area contributed by atoms with Gasteiger partial charge < -0.3 is 21.3 Å². The molecule has 1 atom stereocenters. The number of nitrogens with zero attached hydrogens (tertiary/aromatic N) is 2. The van der Waals surface area contributed by atoms with Crippen molar-refractivity contribution in [2.75, 3.05) is 33.2 Å². The molecule has 1 aliphatic heterocycles. The standard InChI is InChI=1S/C18H26ClN5O2/c1-21-18(24-10-2-3-13(12-24)11-16(20)25)23-9-8-22-17(26)14-4-6-15(19)7-5-14/h4-7,13H,2-3,8-12H2,1H3,(H2,20,25)(H,21,23)(H,22,26). The van der Waals surface area contributed by atoms with Gasteiger partial charge >= 0.3 is 0 Å². The maximum atomic E-state index is 12.1. The fourth-order valence-electron chi connectivity index (χ4n) is 3.09. The van der Waals surface area contributed by atoms with Gasteiger partial charge in [0.2, 0.25) is 5.91 Å². The predicted molar refractivity (Wildman–Crippen MR) is 103 cm³/mol. The van der Waals surface area contributed by atoms with Crippen LogP contribution in [0.1, 0.15) is 29.6 Å². The van der Waals surface area contributed by atoms with Gasteiger partial charge in [-0.3, -0.25) is 14.6 Å². The number of benzene rings is 1. The van der Waals surface area contributed by atoms with Gasteiger partial charge in [0.05, 0.1) is 0 Å². The molecule has 2 amide bonds. The topological polar surface area (TPSA) is 99.8 Å². The molecule has 0 aromatic heterocycles. The zero-order chi connectivity index (χ0) is 18.9. The van der Waals surface area contributed by atoms with E-state index in [1.807, 2.05) is 0 Å². The van der Waals surface area contributed by atoms with Crippen molar-refractivity contribution in [3.05, 3.63) is 34.9 Å². The lowest BCUT2D eigenvalue weighted by Gasteiger charge is -2.34. The average Bonchev–Trinajstić information content (AvgIpc) is 2.62. The van der Waals surface area contributed by atoms with Crippen molar-refractivity contribution in [2.45, 2.75) is 19.3 Å². The number of aliphatic imine (C=N–C) groups is 1. The Morgan fingerprint density at radius 2 is 1.96 bits per heavy atom.